The maximum Gasteiger partial charge on any atom is 0.317 e. The van der Waals surface area contributed by atoms with Gasteiger partial charge in [-0.3, -0.25) is 4.90 Å². The van der Waals surface area contributed by atoms with Crippen molar-refractivity contribution in [1.29, 1.82) is 0 Å². The molecule has 0 radical (unpaired) electrons. The van der Waals surface area contributed by atoms with E-state index in [1.807, 2.05) is 24.4 Å². The Morgan fingerprint density at radius 3 is 2.83 bits per heavy atom. The quantitative estimate of drug-likeness (QED) is 0.881. The predicted molar refractivity (Wildman–Crippen MR) is 87.3 cm³/mol. The summed E-state index contributed by atoms with van der Waals surface area (Å²) in [6.07, 6.45) is -1.62. The Morgan fingerprint density at radius 1 is 1.39 bits per heavy atom. The highest BCUT2D eigenvalue weighted by molar-refractivity contribution is 7.13. The van der Waals surface area contributed by atoms with Crippen molar-refractivity contribution < 1.29 is 13.6 Å². The van der Waals surface area contributed by atoms with Crippen LogP contribution in [-0.2, 0) is 6.54 Å². The fourth-order valence-corrected chi connectivity index (χ4v) is 3.17. The van der Waals surface area contributed by atoms with Crippen molar-refractivity contribution in [2.24, 2.45) is 0 Å². The molecule has 0 atom stereocenters. The van der Waals surface area contributed by atoms with Gasteiger partial charge in [0.2, 0.25) is 0 Å². The highest BCUT2D eigenvalue weighted by Crippen LogP contribution is 2.17. The van der Waals surface area contributed by atoms with Crippen molar-refractivity contribution in [2.75, 3.05) is 51.7 Å². The van der Waals surface area contributed by atoms with Crippen LogP contribution in [0.5, 0.6) is 0 Å². The molecule has 0 spiro atoms. The molecule has 1 N–H and O–H groups in total. The van der Waals surface area contributed by atoms with E-state index in [-0.39, 0.29) is 12.6 Å². The SMILES string of the molecule is CN(C)c1nc(CNC(=O)N2CCCN(CC(F)F)CC2)cs1. The van der Waals surface area contributed by atoms with Gasteiger partial charge < -0.3 is 15.1 Å². The first kappa shape index (κ1) is 17.9. The number of halogens is 2. The first-order chi connectivity index (χ1) is 11.0. The number of thiazole rings is 1. The van der Waals surface area contributed by atoms with E-state index in [0.29, 0.717) is 39.1 Å². The highest BCUT2D eigenvalue weighted by Gasteiger charge is 2.20. The zero-order valence-electron chi connectivity index (χ0n) is 13.5. The molecule has 2 amide bonds. The van der Waals surface area contributed by atoms with Crippen molar-refractivity contribution >= 4 is 22.5 Å². The summed E-state index contributed by atoms with van der Waals surface area (Å²) in [6, 6.07) is -0.164. The number of anilines is 1. The summed E-state index contributed by atoms with van der Waals surface area (Å²) in [7, 11) is 3.84. The molecule has 0 aromatic carbocycles. The molecule has 1 aromatic heterocycles. The summed E-state index contributed by atoms with van der Waals surface area (Å²) in [6.45, 7) is 2.30. The largest absolute Gasteiger partial charge is 0.354 e. The summed E-state index contributed by atoms with van der Waals surface area (Å²) >= 11 is 1.53. The van der Waals surface area contributed by atoms with Gasteiger partial charge in [-0.15, -0.1) is 11.3 Å². The van der Waals surface area contributed by atoms with Crippen LogP contribution in [0.3, 0.4) is 0 Å². The zero-order chi connectivity index (χ0) is 16.8. The smallest absolute Gasteiger partial charge is 0.317 e. The van der Waals surface area contributed by atoms with Gasteiger partial charge in [0, 0.05) is 45.7 Å². The third kappa shape index (κ3) is 5.58. The number of amides is 2. The number of carbonyl (C=O) groups is 1. The Kier molecular flexibility index (Phi) is 6.52. The number of carbonyl (C=O) groups excluding carboxylic acids is 1. The van der Waals surface area contributed by atoms with Gasteiger partial charge in [0.15, 0.2) is 5.13 Å². The molecule has 1 aromatic rings. The molecule has 130 valence electrons. The van der Waals surface area contributed by atoms with E-state index in [2.05, 4.69) is 10.3 Å². The third-order valence-corrected chi connectivity index (χ3v) is 4.67. The molecule has 2 rings (SSSR count). The van der Waals surface area contributed by atoms with Gasteiger partial charge in [-0.1, -0.05) is 0 Å². The monoisotopic (exact) mass is 347 g/mol. The van der Waals surface area contributed by atoms with Crippen molar-refractivity contribution in [3.8, 4) is 0 Å². The Morgan fingerprint density at radius 2 is 2.17 bits per heavy atom. The predicted octanol–water partition coefficient (Wildman–Crippen LogP) is 1.69. The van der Waals surface area contributed by atoms with Crippen molar-refractivity contribution in [2.45, 2.75) is 19.4 Å². The lowest BCUT2D eigenvalue weighted by Crippen LogP contribution is -2.42. The third-order valence-electron chi connectivity index (χ3n) is 3.61. The number of nitrogens with zero attached hydrogens (tertiary/aromatic N) is 4. The van der Waals surface area contributed by atoms with Gasteiger partial charge in [-0.25, -0.2) is 18.6 Å². The van der Waals surface area contributed by atoms with E-state index in [1.54, 1.807) is 9.80 Å². The van der Waals surface area contributed by atoms with Gasteiger partial charge in [-0.2, -0.15) is 0 Å². The molecule has 0 saturated carbocycles. The van der Waals surface area contributed by atoms with Gasteiger partial charge in [-0.05, 0) is 6.42 Å². The van der Waals surface area contributed by atoms with E-state index in [1.165, 1.54) is 11.3 Å². The number of hydrogen-bond acceptors (Lipinski definition) is 5. The Labute approximate surface area is 139 Å². The summed E-state index contributed by atoms with van der Waals surface area (Å²) < 4.78 is 24.9. The minimum absolute atomic E-state index is 0.164. The molecule has 1 saturated heterocycles. The molecule has 0 aliphatic carbocycles. The standard InChI is InChI=1S/C14H23F2N5OS/c1-19(2)14-18-11(10-23-14)8-17-13(22)21-5-3-4-20(6-7-21)9-12(15)16/h10,12H,3-9H2,1-2H3,(H,17,22). The van der Waals surface area contributed by atoms with E-state index in [0.717, 1.165) is 10.8 Å². The van der Waals surface area contributed by atoms with Gasteiger partial charge in [0.25, 0.3) is 6.43 Å². The maximum atomic E-state index is 12.4. The van der Waals surface area contributed by atoms with Gasteiger partial charge in [0.05, 0.1) is 18.8 Å². The van der Waals surface area contributed by atoms with E-state index in [9.17, 15) is 13.6 Å². The average Bonchev–Trinajstić information content (AvgIpc) is 2.85. The number of alkyl halides is 2. The van der Waals surface area contributed by atoms with Crippen LogP contribution in [0, 0.1) is 0 Å². The topological polar surface area (TPSA) is 51.7 Å². The molecule has 1 fully saturated rings. The summed E-state index contributed by atoms with van der Waals surface area (Å²) in [4.78, 5) is 21.9. The molecule has 9 heteroatoms. The van der Waals surface area contributed by atoms with Crippen LogP contribution >= 0.6 is 11.3 Å². The molecular formula is C14H23F2N5OS. The van der Waals surface area contributed by atoms with E-state index in [4.69, 9.17) is 0 Å². The van der Waals surface area contributed by atoms with Crippen LogP contribution < -0.4 is 10.2 Å². The lowest BCUT2D eigenvalue weighted by molar-refractivity contribution is 0.0904. The number of aromatic nitrogens is 1. The second kappa shape index (κ2) is 8.39. The number of urea groups is 1. The van der Waals surface area contributed by atoms with Crippen LogP contribution in [0.25, 0.3) is 0 Å². The molecule has 23 heavy (non-hydrogen) atoms. The first-order valence-electron chi connectivity index (χ1n) is 7.60. The van der Waals surface area contributed by atoms with Crippen molar-refractivity contribution in [1.82, 2.24) is 20.1 Å². The fourth-order valence-electron chi connectivity index (χ4n) is 2.41. The van der Waals surface area contributed by atoms with Crippen molar-refractivity contribution in [3.63, 3.8) is 0 Å². The molecular weight excluding hydrogens is 324 g/mol. The van der Waals surface area contributed by atoms with E-state index >= 15 is 0 Å². The molecule has 6 nitrogen and oxygen atoms in total. The number of nitrogens with one attached hydrogen (secondary N) is 1. The summed E-state index contributed by atoms with van der Waals surface area (Å²) in [5.74, 6) is 0. The Balaban J connectivity index is 1.78. The second-order valence-electron chi connectivity index (χ2n) is 5.71. The zero-order valence-corrected chi connectivity index (χ0v) is 14.3. The highest BCUT2D eigenvalue weighted by atomic mass is 32.1. The van der Waals surface area contributed by atoms with Crippen LogP contribution in [-0.4, -0.2) is 74.1 Å². The molecule has 1 aliphatic heterocycles. The first-order valence-corrected chi connectivity index (χ1v) is 8.48. The molecule has 2 heterocycles. The van der Waals surface area contributed by atoms with Crippen molar-refractivity contribution in [3.05, 3.63) is 11.1 Å². The van der Waals surface area contributed by atoms with Gasteiger partial charge >= 0.3 is 6.03 Å². The van der Waals surface area contributed by atoms with Crippen LogP contribution in [0.4, 0.5) is 18.7 Å². The summed E-state index contributed by atoms with van der Waals surface area (Å²) in [5, 5.41) is 5.66. The Hall–Kier alpha value is -1.48. The van der Waals surface area contributed by atoms with Crippen LogP contribution in [0.15, 0.2) is 5.38 Å². The number of rotatable bonds is 5. The number of hydrogen-bond donors (Lipinski definition) is 1. The average molecular weight is 347 g/mol. The lowest BCUT2D eigenvalue weighted by Gasteiger charge is -2.22. The van der Waals surface area contributed by atoms with Crippen LogP contribution in [0.1, 0.15) is 12.1 Å². The van der Waals surface area contributed by atoms with E-state index < -0.39 is 6.43 Å². The normalized spacial score (nSPS) is 16.5. The van der Waals surface area contributed by atoms with Gasteiger partial charge in [0.1, 0.15) is 0 Å². The molecule has 1 aliphatic rings. The summed E-state index contributed by atoms with van der Waals surface area (Å²) in [5.41, 5.74) is 0.821. The maximum absolute atomic E-state index is 12.4. The second-order valence-corrected chi connectivity index (χ2v) is 6.54. The lowest BCUT2D eigenvalue weighted by atomic mass is 10.4. The molecule has 0 unspecified atom stereocenters. The van der Waals surface area contributed by atoms with Crippen LogP contribution in [0.2, 0.25) is 0 Å². The fraction of sp³-hybridized carbons (Fsp3) is 0.714. The molecule has 0 bridgehead atoms. The minimum Gasteiger partial charge on any atom is -0.354 e. The Bertz CT molecular complexity index is 511. The minimum atomic E-state index is -2.33.